The van der Waals surface area contributed by atoms with Crippen LogP contribution in [-0.4, -0.2) is 70.5 Å². The number of H-pyrrole nitrogens is 2. The number of nitrogens with zero attached hydrogens (tertiary/aromatic N) is 4. The first-order valence-corrected chi connectivity index (χ1v) is 11.8. The highest BCUT2D eigenvalue weighted by molar-refractivity contribution is 5.93. The van der Waals surface area contributed by atoms with Crippen LogP contribution in [0.4, 0.5) is 10.1 Å². The van der Waals surface area contributed by atoms with Crippen molar-refractivity contribution in [1.29, 1.82) is 0 Å². The summed E-state index contributed by atoms with van der Waals surface area (Å²) in [4.78, 5) is 13.3. The second-order valence-electron chi connectivity index (χ2n) is 9.26. The Labute approximate surface area is 191 Å². The maximum Gasteiger partial charge on any atom is 0.159 e. The summed E-state index contributed by atoms with van der Waals surface area (Å²) in [5.41, 5.74) is 4.49. The molecular formula is C25H29FN6O. The molecule has 1 unspecified atom stereocenters. The van der Waals surface area contributed by atoms with Gasteiger partial charge in [0.05, 0.1) is 23.2 Å². The number of fused-ring (bicyclic) bond motifs is 2. The van der Waals surface area contributed by atoms with Gasteiger partial charge < -0.3 is 14.6 Å². The lowest BCUT2D eigenvalue weighted by atomic mass is 10.0. The molecule has 2 saturated heterocycles. The number of ether oxygens (including phenoxy) is 1. The number of piperidine rings is 1. The number of methoxy groups -OCH3 is 1. The molecular weight excluding hydrogens is 419 g/mol. The summed E-state index contributed by atoms with van der Waals surface area (Å²) >= 11 is 0. The van der Waals surface area contributed by atoms with Crippen LogP contribution in [-0.2, 0) is 4.74 Å². The second-order valence-corrected chi connectivity index (χ2v) is 9.26. The number of halogens is 1. The van der Waals surface area contributed by atoms with Crippen LogP contribution in [0.5, 0.6) is 0 Å². The first-order chi connectivity index (χ1) is 16.2. The lowest BCUT2D eigenvalue weighted by molar-refractivity contribution is 0.0799. The zero-order valence-corrected chi connectivity index (χ0v) is 18.9. The standard InChI is InChI=1S/C25H29FN6O/c1-33-15-19-3-2-10-32(19)17-8-11-31(12-9-17)18-5-7-21-23(14-18)28-25(27-21)24-20-6-4-16(26)13-22(20)29-30-24/h4-7,13-14,17,19H,2-3,8-12,15H2,1H3,(H,27,28)(H,29,30). The van der Waals surface area contributed by atoms with Crippen LogP contribution in [0.25, 0.3) is 33.5 Å². The molecule has 2 N–H and O–H groups in total. The van der Waals surface area contributed by atoms with E-state index in [0.29, 0.717) is 29.1 Å². The first kappa shape index (κ1) is 20.6. The molecule has 33 heavy (non-hydrogen) atoms. The predicted molar refractivity (Wildman–Crippen MR) is 128 cm³/mol. The molecule has 2 aromatic heterocycles. The van der Waals surface area contributed by atoms with E-state index >= 15 is 0 Å². The highest BCUT2D eigenvalue weighted by atomic mass is 19.1. The smallest absolute Gasteiger partial charge is 0.159 e. The molecule has 2 aromatic carbocycles. The first-order valence-electron chi connectivity index (χ1n) is 11.8. The lowest BCUT2D eigenvalue weighted by Crippen LogP contribution is -2.47. The maximum absolute atomic E-state index is 13.5. The Morgan fingerprint density at radius 1 is 1.06 bits per heavy atom. The molecule has 0 bridgehead atoms. The summed E-state index contributed by atoms with van der Waals surface area (Å²) in [5.74, 6) is 0.409. The molecule has 0 amide bonds. The largest absolute Gasteiger partial charge is 0.383 e. The monoisotopic (exact) mass is 448 g/mol. The molecule has 8 heteroatoms. The van der Waals surface area contributed by atoms with Gasteiger partial charge in [0.15, 0.2) is 5.82 Å². The Bertz CT molecular complexity index is 1270. The fourth-order valence-electron chi connectivity index (χ4n) is 5.64. The van der Waals surface area contributed by atoms with E-state index in [1.54, 1.807) is 6.07 Å². The van der Waals surface area contributed by atoms with Gasteiger partial charge >= 0.3 is 0 Å². The van der Waals surface area contributed by atoms with Gasteiger partial charge in [-0.15, -0.1) is 0 Å². The van der Waals surface area contributed by atoms with Crippen LogP contribution in [0.1, 0.15) is 25.7 Å². The molecule has 7 nitrogen and oxygen atoms in total. The summed E-state index contributed by atoms with van der Waals surface area (Å²) in [6, 6.07) is 12.3. The van der Waals surface area contributed by atoms with E-state index in [2.05, 4.69) is 43.2 Å². The molecule has 172 valence electrons. The number of hydrogen-bond donors (Lipinski definition) is 2. The number of rotatable bonds is 5. The predicted octanol–water partition coefficient (Wildman–Crippen LogP) is 4.32. The number of hydrogen-bond acceptors (Lipinski definition) is 5. The van der Waals surface area contributed by atoms with Crippen molar-refractivity contribution >= 4 is 27.6 Å². The van der Waals surface area contributed by atoms with Crippen molar-refractivity contribution in [2.45, 2.75) is 37.8 Å². The van der Waals surface area contributed by atoms with E-state index in [0.717, 1.165) is 36.1 Å². The fourth-order valence-corrected chi connectivity index (χ4v) is 5.64. The van der Waals surface area contributed by atoms with Crippen LogP contribution >= 0.6 is 0 Å². The van der Waals surface area contributed by atoms with Crippen molar-refractivity contribution in [3.05, 3.63) is 42.2 Å². The number of nitrogens with one attached hydrogen (secondary N) is 2. The highest BCUT2D eigenvalue weighted by Gasteiger charge is 2.32. The summed E-state index contributed by atoms with van der Waals surface area (Å²) in [7, 11) is 1.81. The van der Waals surface area contributed by atoms with E-state index in [1.807, 2.05) is 7.11 Å². The number of imidazole rings is 1. The van der Waals surface area contributed by atoms with E-state index < -0.39 is 0 Å². The minimum absolute atomic E-state index is 0.283. The van der Waals surface area contributed by atoms with Gasteiger partial charge in [-0.25, -0.2) is 9.37 Å². The van der Waals surface area contributed by atoms with Gasteiger partial charge in [0.25, 0.3) is 0 Å². The Morgan fingerprint density at radius 2 is 1.94 bits per heavy atom. The Hall–Kier alpha value is -2.97. The van der Waals surface area contributed by atoms with Crippen LogP contribution in [0.2, 0.25) is 0 Å². The van der Waals surface area contributed by atoms with Gasteiger partial charge in [-0.3, -0.25) is 10.00 Å². The molecule has 6 rings (SSSR count). The molecule has 0 aliphatic carbocycles. The summed E-state index contributed by atoms with van der Waals surface area (Å²) in [6.45, 7) is 4.17. The number of aromatic nitrogens is 4. The van der Waals surface area contributed by atoms with Crippen LogP contribution in [0, 0.1) is 5.82 Å². The van der Waals surface area contributed by atoms with E-state index in [-0.39, 0.29) is 5.82 Å². The Kier molecular flexibility index (Phi) is 5.27. The van der Waals surface area contributed by atoms with E-state index in [9.17, 15) is 4.39 Å². The summed E-state index contributed by atoms with van der Waals surface area (Å²) in [5, 5.41) is 8.13. The number of likely N-dealkylation sites (tertiary alicyclic amines) is 1. The average Bonchev–Trinajstić information content (AvgIpc) is 3.56. The SMILES string of the molecule is COCC1CCCN1C1CCN(c2ccc3nc(-c4n[nH]c5cc(F)ccc45)[nH]c3c2)CC1. The molecule has 4 heterocycles. The molecule has 0 spiro atoms. The molecule has 4 aromatic rings. The number of benzene rings is 2. The molecule has 2 fully saturated rings. The van der Waals surface area contributed by atoms with Crippen molar-refractivity contribution in [1.82, 2.24) is 25.1 Å². The second kappa shape index (κ2) is 8.43. The van der Waals surface area contributed by atoms with Gasteiger partial charge in [0.1, 0.15) is 11.5 Å². The van der Waals surface area contributed by atoms with Gasteiger partial charge in [0, 0.05) is 43.4 Å². The minimum atomic E-state index is -0.283. The highest BCUT2D eigenvalue weighted by Crippen LogP contribution is 2.31. The van der Waals surface area contributed by atoms with Crippen LogP contribution in [0.3, 0.4) is 0 Å². The van der Waals surface area contributed by atoms with Gasteiger partial charge in [0.2, 0.25) is 0 Å². The van der Waals surface area contributed by atoms with E-state index in [1.165, 1.54) is 50.0 Å². The number of aromatic amines is 2. The normalized spacial score (nSPS) is 20.4. The molecule has 2 aliphatic heterocycles. The topological polar surface area (TPSA) is 73.1 Å². The Balaban J connectivity index is 1.20. The third kappa shape index (κ3) is 3.77. The minimum Gasteiger partial charge on any atom is -0.383 e. The van der Waals surface area contributed by atoms with Crippen molar-refractivity contribution in [2.24, 2.45) is 0 Å². The summed E-state index contributed by atoms with van der Waals surface area (Å²) in [6.07, 6.45) is 4.91. The number of anilines is 1. The molecule has 2 aliphatic rings. The molecule has 1 atom stereocenters. The zero-order chi connectivity index (χ0) is 22.4. The van der Waals surface area contributed by atoms with Crippen molar-refractivity contribution in [3.63, 3.8) is 0 Å². The average molecular weight is 449 g/mol. The van der Waals surface area contributed by atoms with Crippen LogP contribution < -0.4 is 4.90 Å². The fraction of sp³-hybridized carbons (Fsp3) is 0.440. The van der Waals surface area contributed by atoms with Gasteiger partial charge in [-0.2, -0.15) is 5.10 Å². The van der Waals surface area contributed by atoms with Crippen molar-refractivity contribution in [3.8, 4) is 11.5 Å². The molecule has 0 saturated carbocycles. The lowest BCUT2D eigenvalue weighted by Gasteiger charge is -2.40. The Morgan fingerprint density at radius 3 is 2.79 bits per heavy atom. The third-order valence-electron chi connectivity index (χ3n) is 7.30. The zero-order valence-electron chi connectivity index (χ0n) is 18.9. The van der Waals surface area contributed by atoms with Crippen molar-refractivity contribution in [2.75, 3.05) is 38.3 Å². The van der Waals surface area contributed by atoms with Crippen LogP contribution in [0.15, 0.2) is 36.4 Å². The summed E-state index contributed by atoms with van der Waals surface area (Å²) < 4.78 is 19.0. The van der Waals surface area contributed by atoms with Crippen molar-refractivity contribution < 1.29 is 9.13 Å². The third-order valence-corrected chi connectivity index (χ3v) is 7.30. The maximum atomic E-state index is 13.5. The van der Waals surface area contributed by atoms with Gasteiger partial charge in [-0.05, 0) is 68.6 Å². The molecule has 0 radical (unpaired) electrons. The van der Waals surface area contributed by atoms with Gasteiger partial charge in [-0.1, -0.05) is 0 Å². The van der Waals surface area contributed by atoms with E-state index in [4.69, 9.17) is 9.72 Å². The quantitative estimate of drug-likeness (QED) is 0.476.